The number of likely N-dealkylation sites (tertiary alicyclic amines) is 1. The molecular weight excluding hydrogens is 272 g/mol. The van der Waals surface area contributed by atoms with Gasteiger partial charge in [0.15, 0.2) is 0 Å². The number of nitrogens with zero attached hydrogens (tertiary/aromatic N) is 1. The minimum absolute atomic E-state index is 0.228. The maximum atomic E-state index is 12.7. The van der Waals surface area contributed by atoms with Gasteiger partial charge in [0.2, 0.25) is 5.91 Å². The second-order valence-corrected chi connectivity index (χ2v) is 7.12. The first kappa shape index (κ1) is 15.5. The number of amides is 1. The fourth-order valence-electron chi connectivity index (χ4n) is 3.72. The lowest BCUT2D eigenvalue weighted by molar-refractivity contribution is -0.123. The third-order valence-electron chi connectivity index (χ3n) is 5.22. The van der Waals surface area contributed by atoms with E-state index in [0.717, 1.165) is 25.9 Å². The van der Waals surface area contributed by atoms with Gasteiger partial charge >= 0.3 is 0 Å². The molecule has 0 spiro atoms. The summed E-state index contributed by atoms with van der Waals surface area (Å²) in [6.45, 7) is 8.69. The number of rotatable bonds is 6. The maximum absolute atomic E-state index is 12.7. The Hall–Kier alpha value is -1.35. The van der Waals surface area contributed by atoms with Crippen molar-refractivity contribution in [2.24, 2.45) is 5.92 Å². The van der Waals surface area contributed by atoms with Crippen LogP contribution in [0.1, 0.15) is 43.7 Å². The van der Waals surface area contributed by atoms with Gasteiger partial charge in [-0.2, -0.15) is 0 Å². The molecule has 1 heterocycles. The van der Waals surface area contributed by atoms with Gasteiger partial charge in [0.05, 0.1) is 5.41 Å². The zero-order valence-corrected chi connectivity index (χ0v) is 13.9. The van der Waals surface area contributed by atoms with E-state index in [-0.39, 0.29) is 11.3 Å². The lowest BCUT2D eigenvalue weighted by atomic mass is 9.93. The summed E-state index contributed by atoms with van der Waals surface area (Å²) in [5, 5.41) is 3.24. The first-order valence-corrected chi connectivity index (χ1v) is 8.72. The van der Waals surface area contributed by atoms with Crippen molar-refractivity contribution in [1.82, 2.24) is 10.2 Å². The molecular formula is C19H28N2O. The van der Waals surface area contributed by atoms with E-state index >= 15 is 0 Å². The minimum atomic E-state index is -0.228. The molecule has 1 amide bonds. The Morgan fingerprint density at radius 2 is 2.23 bits per heavy atom. The fourth-order valence-corrected chi connectivity index (χ4v) is 3.72. The van der Waals surface area contributed by atoms with Gasteiger partial charge in [-0.15, -0.1) is 0 Å². The number of carbonyl (C=O) groups excluding carboxylic acids is 1. The molecule has 1 aliphatic heterocycles. The number of aryl methyl sites for hydroxylation is 1. The third-order valence-corrected chi connectivity index (χ3v) is 5.22. The van der Waals surface area contributed by atoms with E-state index in [0.29, 0.717) is 5.92 Å². The van der Waals surface area contributed by atoms with Crippen LogP contribution < -0.4 is 5.32 Å². The van der Waals surface area contributed by atoms with Crippen LogP contribution in [0.25, 0.3) is 0 Å². The Bertz CT molecular complexity index is 536. The molecule has 120 valence electrons. The Labute approximate surface area is 134 Å². The van der Waals surface area contributed by atoms with Crippen molar-refractivity contribution in [3.8, 4) is 0 Å². The molecule has 1 atom stereocenters. The highest BCUT2D eigenvalue weighted by atomic mass is 16.2. The predicted octanol–water partition coefficient (Wildman–Crippen LogP) is 2.87. The molecule has 1 aromatic carbocycles. The van der Waals surface area contributed by atoms with E-state index in [4.69, 9.17) is 0 Å². The van der Waals surface area contributed by atoms with E-state index in [1.54, 1.807) is 0 Å². The van der Waals surface area contributed by atoms with Gasteiger partial charge < -0.3 is 10.2 Å². The standard InChI is InChI=1S/C19H28N2O/c1-3-10-21-11-7-16(14-21)13-20-18(22)19(8-9-19)17-6-4-5-15(2)12-17/h4-6,12,16H,3,7-11,13-14H2,1-2H3,(H,20,22). The molecule has 1 saturated carbocycles. The summed E-state index contributed by atoms with van der Waals surface area (Å²) >= 11 is 0. The molecule has 1 aromatic rings. The van der Waals surface area contributed by atoms with Crippen molar-refractivity contribution >= 4 is 5.91 Å². The zero-order chi connectivity index (χ0) is 15.6. The number of hydrogen-bond donors (Lipinski definition) is 1. The zero-order valence-electron chi connectivity index (χ0n) is 13.9. The number of nitrogens with one attached hydrogen (secondary N) is 1. The third kappa shape index (κ3) is 3.19. The summed E-state index contributed by atoms with van der Waals surface area (Å²) < 4.78 is 0. The summed E-state index contributed by atoms with van der Waals surface area (Å²) in [6.07, 6.45) is 4.43. The Morgan fingerprint density at radius 1 is 1.41 bits per heavy atom. The molecule has 1 unspecified atom stereocenters. The monoisotopic (exact) mass is 300 g/mol. The minimum Gasteiger partial charge on any atom is -0.355 e. The van der Waals surface area contributed by atoms with E-state index in [1.165, 1.54) is 37.1 Å². The highest BCUT2D eigenvalue weighted by Gasteiger charge is 2.51. The van der Waals surface area contributed by atoms with Crippen LogP contribution in [0.15, 0.2) is 24.3 Å². The van der Waals surface area contributed by atoms with E-state index in [1.807, 2.05) is 0 Å². The average molecular weight is 300 g/mol. The van der Waals surface area contributed by atoms with Crippen molar-refractivity contribution in [3.05, 3.63) is 35.4 Å². The molecule has 2 fully saturated rings. The number of carbonyl (C=O) groups is 1. The molecule has 0 radical (unpaired) electrons. The van der Waals surface area contributed by atoms with Crippen molar-refractivity contribution in [2.75, 3.05) is 26.2 Å². The second kappa shape index (κ2) is 6.41. The van der Waals surface area contributed by atoms with Gasteiger partial charge in [0, 0.05) is 13.1 Å². The summed E-state index contributed by atoms with van der Waals surface area (Å²) in [4.78, 5) is 15.2. The van der Waals surface area contributed by atoms with Crippen LogP contribution in [0.3, 0.4) is 0 Å². The molecule has 1 N–H and O–H groups in total. The Balaban J connectivity index is 1.54. The van der Waals surface area contributed by atoms with Gasteiger partial charge in [-0.3, -0.25) is 4.79 Å². The molecule has 1 aliphatic carbocycles. The molecule has 2 aliphatic rings. The van der Waals surface area contributed by atoms with Crippen LogP contribution in [0.2, 0.25) is 0 Å². The lowest BCUT2D eigenvalue weighted by Gasteiger charge is -2.19. The predicted molar refractivity (Wildman–Crippen MR) is 89.9 cm³/mol. The molecule has 1 saturated heterocycles. The van der Waals surface area contributed by atoms with E-state index in [9.17, 15) is 4.79 Å². The van der Waals surface area contributed by atoms with Crippen molar-refractivity contribution in [3.63, 3.8) is 0 Å². The molecule has 0 aromatic heterocycles. The summed E-state index contributed by atoms with van der Waals surface area (Å²) in [6, 6.07) is 8.44. The van der Waals surface area contributed by atoms with Crippen LogP contribution in [-0.2, 0) is 10.2 Å². The first-order chi connectivity index (χ1) is 10.6. The van der Waals surface area contributed by atoms with E-state index in [2.05, 4.69) is 48.3 Å². The van der Waals surface area contributed by atoms with Crippen molar-refractivity contribution in [2.45, 2.75) is 44.9 Å². The van der Waals surface area contributed by atoms with Gasteiger partial charge in [0.1, 0.15) is 0 Å². The average Bonchev–Trinajstić information content (AvgIpc) is 3.21. The van der Waals surface area contributed by atoms with Crippen molar-refractivity contribution < 1.29 is 4.79 Å². The quantitative estimate of drug-likeness (QED) is 0.876. The molecule has 3 rings (SSSR count). The lowest BCUT2D eigenvalue weighted by Crippen LogP contribution is -2.38. The summed E-state index contributed by atoms with van der Waals surface area (Å²) in [5.41, 5.74) is 2.21. The largest absolute Gasteiger partial charge is 0.355 e. The van der Waals surface area contributed by atoms with Crippen LogP contribution in [0.5, 0.6) is 0 Å². The molecule has 3 nitrogen and oxygen atoms in total. The van der Waals surface area contributed by atoms with Crippen LogP contribution in [-0.4, -0.2) is 37.0 Å². The summed E-state index contributed by atoms with van der Waals surface area (Å²) in [7, 11) is 0. The smallest absolute Gasteiger partial charge is 0.230 e. The van der Waals surface area contributed by atoms with Crippen molar-refractivity contribution in [1.29, 1.82) is 0 Å². The Kier molecular flexibility index (Phi) is 4.53. The fraction of sp³-hybridized carbons (Fsp3) is 0.632. The highest BCUT2D eigenvalue weighted by molar-refractivity contribution is 5.91. The summed E-state index contributed by atoms with van der Waals surface area (Å²) in [5.74, 6) is 0.871. The van der Waals surface area contributed by atoms with Crippen LogP contribution >= 0.6 is 0 Å². The van der Waals surface area contributed by atoms with Gasteiger partial charge in [-0.05, 0) is 57.2 Å². The second-order valence-electron chi connectivity index (χ2n) is 7.12. The maximum Gasteiger partial charge on any atom is 0.230 e. The van der Waals surface area contributed by atoms with Gasteiger partial charge in [0.25, 0.3) is 0 Å². The topological polar surface area (TPSA) is 32.3 Å². The normalized spacial score (nSPS) is 23.5. The SMILES string of the molecule is CCCN1CCC(CNC(=O)C2(c3cccc(C)c3)CC2)C1. The Morgan fingerprint density at radius 3 is 2.91 bits per heavy atom. The number of benzene rings is 1. The molecule has 22 heavy (non-hydrogen) atoms. The van der Waals surface area contributed by atoms with Gasteiger partial charge in [-0.1, -0.05) is 36.8 Å². The first-order valence-electron chi connectivity index (χ1n) is 8.72. The van der Waals surface area contributed by atoms with Crippen LogP contribution in [0.4, 0.5) is 0 Å². The highest BCUT2D eigenvalue weighted by Crippen LogP contribution is 2.48. The van der Waals surface area contributed by atoms with E-state index < -0.39 is 0 Å². The van der Waals surface area contributed by atoms with Crippen LogP contribution in [0, 0.1) is 12.8 Å². The molecule has 0 bridgehead atoms. The molecule has 3 heteroatoms. The van der Waals surface area contributed by atoms with Gasteiger partial charge in [-0.25, -0.2) is 0 Å². The number of hydrogen-bond acceptors (Lipinski definition) is 2.